The third-order valence-electron chi connectivity index (χ3n) is 3.97. The van der Waals surface area contributed by atoms with Gasteiger partial charge in [-0.2, -0.15) is 11.8 Å². The molecule has 0 aliphatic carbocycles. The van der Waals surface area contributed by atoms with Gasteiger partial charge in [0, 0.05) is 39.8 Å². The van der Waals surface area contributed by atoms with E-state index in [-0.39, 0.29) is 5.82 Å². The first-order chi connectivity index (χ1) is 9.70. The van der Waals surface area contributed by atoms with Gasteiger partial charge in [-0.1, -0.05) is 6.07 Å². The molecule has 1 saturated heterocycles. The fraction of sp³-hybridized carbons (Fsp3) is 0.467. The van der Waals surface area contributed by atoms with Gasteiger partial charge in [0.1, 0.15) is 5.82 Å². The van der Waals surface area contributed by atoms with E-state index in [1.807, 2.05) is 17.8 Å². The summed E-state index contributed by atoms with van der Waals surface area (Å²) in [6, 6.07) is 5.91. The fourth-order valence-electron chi connectivity index (χ4n) is 2.80. The molecule has 0 bridgehead atoms. The molecule has 1 aliphatic heterocycles. The van der Waals surface area contributed by atoms with Crippen LogP contribution in [0, 0.1) is 5.82 Å². The third kappa shape index (κ3) is 2.60. The predicted octanol–water partition coefficient (Wildman–Crippen LogP) is 3.44. The zero-order chi connectivity index (χ0) is 14.1. The minimum atomic E-state index is -0.123. The van der Waals surface area contributed by atoms with Crippen LogP contribution in [0.2, 0.25) is 0 Å². The zero-order valence-corrected chi connectivity index (χ0v) is 13.2. The van der Waals surface area contributed by atoms with Gasteiger partial charge in [0.25, 0.3) is 0 Å². The van der Waals surface area contributed by atoms with E-state index in [4.69, 9.17) is 5.73 Å². The van der Waals surface area contributed by atoms with Crippen LogP contribution in [0.3, 0.4) is 0 Å². The number of fused-ring (bicyclic) bond motifs is 1. The zero-order valence-electron chi connectivity index (χ0n) is 11.6. The van der Waals surface area contributed by atoms with Gasteiger partial charge in [-0.3, -0.25) is 4.90 Å². The summed E-state index contributed by atoms with van der Waals surface area (Å²) >= 11 is 3.63. The highest BCUT2D eigenvalue weighted by Gasteiger charge is 2.23. The molecule has 2 heterocycles. The van der Waals surface area contributed by atoms with Gasteiger partial charge in [0.2, 0.25) is 0 Å². The van der Waals surface area contributed by atoms with Crippen LogP contribution < -0.4 is 5.73 Å². The molecule has 0 amide bonds. The summed E-state index contributed by atoms with van der Waals surface area (Å²) in [4.78, 5) is 3.47. The van der Waals surface area contributed by atoms with E-state index in [9.17, 15) is 4.39 Å². The van der Waals surface area contributed by atoms with Crippen LogP contribution in [0.5, 0.6) is 0 Å². The predicted molar refractivity (Wildman–Crippen MR) is 86.9 cm³/mol. The number of nitrogens with two attached hydrogens (primary N) is 1. The Balaban J connectivity index is 1.96. The number of hydrogen-bond donors (Lipinski definition) is 1. The summed E-state index contributed by atoms with van der Waals surface area (Å²) in [6.07, 6.45) is 1.23. The van der Waals surface area contributed by atoms with Crippen LogP contribution in [0.1, 0.15) is 16.9 Å². The maximum atomic E-state index is 14.2. The Hall–Kier alpha value is -0.620. The summed E-state index contributed by atoms with van der Waals surface area (Å²) in [7, 11) is 2.14. The SMILES string of the molecule is CN(Cc1c(CN)sc2cccc(F)c12)C1CCSC1. The van der Waals surface area contributed by atoms with Crippen molar-refractivity contribution in [1.82, 2.24) is 4.90 Å². The molecule has 108 valence electrons. The van der Waals surface area contributed by atoms with Gasteiger partial charge < -0.3 is 5.73 Å². The van der Waals surface area contributed by atoms with Crippen molar-refractivity contribution >= 4 is 33.2 Å². The van der Waals surface area contributed by atoms with Crippen molar-refractivity contribution in [2.45, 2.75) is 25.6 Å². The number of nitrogens with zero attached hydrogens (tertiary/aromatic N) is 1. The number of rotatable bonds is 4. The molecule has 1 aromatic carbocycles. The van der Waals surface area contributed by atoms with Crippen LogP contribution in [0.4, 0.5) is 4.39 Å². The molecule has 1 fully saturated rings. The van der Waals surface area contributed by atoms with Crippen molar-refractivity contribution in [2.75, 3.05) is 18.6 Å². The second-order valence-electron chi connectivity index (χ2n) is 5.25. The van der Waals surface area contributed by atoms with Crippen LogP contribution in [-0.2, 0) is 13.1 Å². The molecule has 2 aromatic rings. The van der Waals surface area contributed by atoms with E-state index < -0.39 is 0 Å². The molecule has 1 aliphatic rings. The van der Waals surface area contributed by atoms with E-state index in [0.717, 1.165) is 27.1 Å². The lowest BCUT2D eigenvalue weighted by Gasteiger charge is -2.23. The largest absolute Gasteiger partial charge is 0.326 e. The lowest BCUT2D eigenvalue weighted by atomic mass is 10.1. The number of hydrogen-bond acceptors (Lipinski definition) is 4. The minimum Gasteiger partial charge on any atom is -0.326 e. The van der Waals surface area contributed by atoms with Crippen LogP contribution >= 0.6 is 23.1 Å². The van der Waals surface area contributed by atoms with Gasteiger partial charge in [-0.05, 0) is 36.9 Å². The van der Waals surface area contributed by atoms with Gasteiger partial charge in [-0.15, -0.1) is 11.3 Å². The summed E-state index contributed by atoms with van der Waals surface area (Å²) in [6.45, 7) is 1.28. The van der Waals surface area contributed by atoms with Gasteiger partial charge in [-0.25, -0.2) is 4.39 Å². The van der Waals surface area contributed by atoms with Crippen molar-refractivity contribution in [2.24, 2.45) is 5.73 Å². The number of thiophene rings is 1. The lowest BCUT2D eigenvalue weighted by molar-refractivity contribution is 0.255. The average Bonchev–Trinajstić information content (AvgIpc) is 3.07. The summed E-state index contributed by atoms with van der Waals surface area (Å²) in [5.41, 5.74) is 6.95. The van der Waals surface area contributed by atoms with Crippen LogP contribution in [0.25, 0.3) is 10.1 Å². The smallest absolute Gasteiger partial charge is 0.132 e. The van der Waals surface area contributed by atoms with Crippen LogP contribution in [-0.4, -0.2) is 29.5 Å². The van der Waals surface area contributed by atoms with E-state index in [1.165, 1.54) is 17.9 Å². The Bertz CT molecular complexity index is 605. The van der Waals surface area contributed by atoms with Gasteiger partial charge in [0.05, 0.1) is 0 Å². The molecule has 1 aromatic heterocycles. The first kappa shape index (κ1) is 14.3. The molecule has 0 saturated carbocycles. The van der Waals surface area contributed by atoms with E-state index in [0.29, 0.717) is 12.6 Å². The van der Waals surface area contributed by atoms with Crippen molar-refractivity contribution in [3.63, 3.8) is 0 Å². The summed E-state index contributed by atoms with van der Waals surface area (Å²) in [5, 5.41) is 0.774. The molecule has 2 nitrogen and oxygen atoms in total. The summed E-state index contributed by atoms with van der Waals surface area (Å²) < 4.78 is 15.2. The highest BCUT2D eigenvalue weighted by molar-refractivity contribution is 7.99. The second kappa shape index (κ2) is 6.02. The quantitative estimate of drug-likeness (QED) is 0.938. The minimum absolute atomic E-state index is 0.123. The first-order valence-corrected chi connectivity index (χ1v) is 8.84. The Morgan fingerprint density at radius 1 is 1.45 bits per heavy atom. The van der Waals surface area contributed by atoms with E-state index >= 15 is 0 Å². The summed E-state index contributed by atoms with van der Waals surface area (Å²) in [5.74, 6) is 2.29. The number of thioether (sulfide) groups is 1. The van der Waals surface area contributed by atoms with Crippen molar-refractivity contribution in [3.8, 4) is 0 Å². The molecule has 20 heavy (non-hydrogen) atoms. The molecular weight excluding hydrogens is 291 g/mol. The highest BCUT2D eigenvalue weighted by atomic mass is 32.2. The van der Waals surface area contributed by atoms with Crippen molar-refractivity contribution in [1.29, 1.82) is 0 Å². The third-order valence-corrected chi connectivity index (χ3v) is 6.33. The maximum absolute atomic E-state index is 14.2. The Kier molecular flexibility index (Phi) is 4.31. The van der Waals surface area contributed by atoms with E-state index in [1.54, 1.807) is 23.5 Å². The lowest BCUT2D eigenvalue weighted by Crippen LogP contribution is -2.31. The number of benzene rings is 1. The number of halogens is 1. The maximum Gasteiger partial charge on any atom is 0.132 e. The molecule has 0 spiro atoms. The molecule has 5 heteroatoms. The second-order valence-corrected chi connectivity index (χ2v) is 7.54. The van der Waals surface area contributed by atoms with Crippen molar-refractivity contribution in [3.05, 3.63) is 34.5 Å². The topological polar surface area (TPSA) is 29.3 Å². The van der Waals surface area contributed by atoms with Crippen LogP contribution in [0.15, 0.2) is 18.2 Å². The Labute approximate surface area is 127 Å². The van der Waals surface area contributed by atoms with Gasteiger partial charge >= 0.3 is 0 Å². The molecule has 2 N–H and O–H groups in total. The standard InChI is InChI=1S/C15H19FN2S2/c1-18(10-5-6-19-9-10)8-11-14(7-17)20-13-4-2-3-12(16)15(11)13/h2-4,10H,5-9,17H2,1H3. The molecule has 1 unspecified atom stereocenters. The average molecular weight is 310 g/mol. The normalized spacial score (nSPS) is 19.3. The monoisotopic (exact) mass is 310 g/mol. The van der Waals surface area contributed by atoms with E-state index in [2.05, 4.69) is 11.9 Å². The Morgan fingerprint density at radius 3 is 3.00 bits per heavy atom. The molecule has 3 rings (SSSR count). The first-order valence-electron chi connectivity index (χ1n) is 6.87. The molecular formula is C15H19FN2S2. The van der Waals surface area contributed by atoms with Gasteiger partial charge in [0.15, 0.2) is 0 Å². The highest BCUT2D eigenvalue weighted by Crippen LogP contribution is 2.34. The molecule has 0 radical (unpaired) electrons. The fourth-order valence-corrected chi connectivity index (χ4v) is 5.20. The molecule has 1 atom stereocenters. The van der Waals surface area contributed by atoms with Crippen molar-refractivity contribution < 1.29 is 4.39 Å². The Morgan fingerprint density at radius 2 is 2.30 bits per heavy atom.